The van der Waals surface area contributed by atoms with E-state index in [4.69, 9.17) is 14.6 Å². The van der Waals surface area contributed by atoms with Crippen molar-refractivity contribution in [2.45, 2.75) is 110 Å². The number of hydrogen-bond acceptors (Lipinski definition) is 5. The summed E-state index contributed by atoms with van der Waals surface area (Å²) in [5.41, 5.74) is 0. The number of carbonyl (C=O) groups excluding carboxylic acids is 2. The Morgan fingerprint density at radius 1 is 0.593 bits per heavy atom. The second-order valence-corrected chi connectivity index (χ2v) is 7.04. The molecular weight excluding hydrogens is 348 g/mol. The molecule has 158 valence electrons. The van der Waals surface area contributed by atoms with Crippen molar-refractivity contribution in [2.24, 2.45) is 0 Å². The minimum absolute atomic E-state index is 0.260. The molecule has 0 aliphatic heterocycles. The average Bonchev–Trinajstić information content (AvgIpc) is 2.62. The summed E-state index contributed by atoms with van der Waals surface area (Å²) < 4.78 is 9.83. The van der Waals surface area contributed by atoms with Crippen molar-refractivity contribution in [3.8, 4) is 0 Å². The van der Waals surface area contributed by atoms with Crippen LogP contribution in [0.25, 0.3) is 0 Å². The van der Waals surface area contributed by atoms with Crippen LogP contribution in [0, 0.1) is 0 Å². The number of carboxylic acids is 1. The van der Waals surface area contributed by atoms with Gasteiger partial charge in [0.15, 0.2) is 0 Å². The van der Waals surface area contributed by atoms with Crippen LogP contribution in [0.4, 0.5) is 0 Å². The predicted octanol–water partition coefficient (Wildman–Crippen LogP) is 5.38. The molecule has 0 aromatic heterocycles. The number of carboxylic acid groups (broad SMARTS) is 1. The lowest BCUT2D eigenvalue weighted by atomic mass is 10.1. The molecule has 0 unspecified atom stereocenters. The summed E-state index contributed by atoms with van der Waals surface area (Å²) in [7, 11) is 0. The van der Waals surface area contributed by atoms with Crippen LogP contribution in [-0.4, -0.2) is 29.8 Å². The fraction of sp³-hybridized carbons (Fsp3) is 0.857. The van der Waals surface area contributed by atoms with Crippen LogP contribution >= 0.6 is 0 Å². The van der Waals surface area contributed by atoms with E-state index in [1.165, 1.54) is 12.8 Å². The van der Waals surface area contributed by atoms with Crippen LogP contribution in [-0.2, 0) is 23.9 Å². The Bertz CT molecular complexity index is 394. The van der Waals surface area contributed by atoms with E-state index < -0.39 is 5.97 Å². The van der Waals surface area contributed by atoms with Gasteiger partial charge in [-0.2, -0.15) is 0 Å². The molecule has 6 heteroatoms. The maximum absolute atomic E-state index is 11.6. The second-order valence-electron chi connectivity index (χ2n) is 7.04. The van der Waals surface area contributed by atoms with E-state index in [1.54, 1.807) is 0 Å². The highest BCUT2D eigenvalue weighted by Gasteiger charge is 2.06. The Morgan fingerprint density at radius 2 is 0.963 bits per heavy atom. The van der Waals surface area contributed by atoms with Crippen molar-refractivity contribution in [2.75, 3.05) is 6.79 Å². The molecule has 0 aliphatic carbocycles. The molecule has 0 saturated heterocycles. The number of hydrogen-bond donors (Lipinski definition) is 1. The molecule has 0 rings (SSSR count). The lowest BCUT2D eigenvalue weighted by molar-refractivity contribution is -0.167. The van der Waals surface area contributed by atoms with E-state index in [0.717, 1.165) is 70.6 Å². The first kappa shape index (κ1) is 25.4. The third kappa shape index (κ3) is 20.6. The van der Waals surface area contributed by atoms with Crippen LogP contribution in [0.5, 0.6) is 0 Å². The van der Waals surface area contributed by atoms with E-state index in [2.05, 4.69) is 6.92 Å². The maximum Gasteiger partial charge on any atom is 0.308 e. The van der Waals surface area contributed by atoms with Gasteiger partial charge in [0.2, 0.25) is 6.79 Å². The van der Waals surface area contributed by atoms with E-state index in [-0.39, 0.29) is 25.2 Å². The number of aliphatic carboxylic acids is 1. The Kier molecular flexibility index (Phi) is 18.0. The molecule has 0 fully saturated rings. The van der Waals surface area contributed by atoms with Gasteiger partial charge in [0.1, 0.15) is 0 Å². The van der Waals surface area contributed by atoms with Crippen molar-refractivity contribution < 1.29 is 29.0 Å². The van der Waals surface area contributed by atoms with Crippen LogP contribution in [0.1, 0.15) is 110 Å². The number of esters is 2. The quantitative estimate of drug-likeness (QED) is 0.182. The van der Waals surface area contributed by atoms with Crippen molar-refractivity contribution in [1.29, 1.82) is 0 Å². The number of carbonyl (C=O) groups is 3. The number of rotatable bonds is 19. The van der Waals surface area contributed by atoms with Gasteiger partial charge in [-0.1, -0.05) is 71.1 Å². The van der Waals surface area contributed by atoms with Crippen LogP contribution in [0.3, 0.4) is 0 Å². The van der Waals surface area contributed by atoms with Gasteiger partial charge in [0, 0.05) is 19.3 Å². The SMILES string of the molecule is CCCCCCCC(=O)OCOC(=O)CCCCCCCCCCC(=O)O. The third-order valence-corrected chi connectivity index (χ3v) is 4.45. The standard InChI is InChI=1S/C21H38O6/c1-2-3-4-9-13-16-20(24)26-18-27-21(25)17-14-11-8-6-5-7-10-12-15-19(22)23/h2-18H2,1H3,(H,22,23). The zero-order valence-electron chi connectivity index (χ0n) is 17.0. The first-order valence-corrected chi connectivity index (χ1v) is 10.6. The van der Waals surface area contributed by atoms with Gasteiger partial charge in [0.25, 0.3) is 0 Å². The Morgan fingerprint density at radius 3 is 1.37 bits per heavy atom. The van der Waals surface area contributed by atoms with Crippen LogP contribution in [0.2, 0.25) is 0 Å². The monoisotopic (exact) mass is 386 g/mol. The first-order chi connectivity index (χ1) is 13.1. The zero-order valence-corrected chi connectivity index (χ0v) is 17.0. The molecule has 0 radical (unpaired) electrons. The third-order valence-electron chi connectivity index (χ3n) is 4.45. The fourth-order valence-corrected chi connectivity index (χ4v) is 2.78. The van der Waals surface area contributed by atoms with Crippen molar-refractivity contribution >= 4 is 17.9 Å². The highest BCUT2D eigenvalue weighted by Crippen LogP contribution is 2.11. The molecule has 27 heavy (non-hydrogen) atoms. The summed E-state index contributed by atoms with van der Waals surface area (Å²) in [5.74, 6) is -1.35. The summed E-state index contributed by atoms with van der Waals surface area (Å²) in [5, 5.41) is 8.54. The van der Waals surface area contributed by atoms with Gasteiger partial charge in [-0.3, -0.25) is 14.4 Å². The molecule has 0 aromatic carbocycles. The molecule has 0 saturated carbocycles. The molecule has 0 heterocycles. The van der Waals surface area contributed by atoms with Crippen molar-refractivity contribution in [3.05, 3.63) is 0 Å². The van der Waals surface area contributed by atoms with Gasteiger partial charge in [-0.25, -0.2) is 0 Å². The Labute approximate surface area is 164 Å². The topological polar surface area (TPSA) is 89.9 Å². The Balaban J connectivity index is 3.32. The lowest BCUT2D eigenvalue weighted by Crippen LogP contribution is -2.12. The minimum Gasteiger partial charge on any atom is -0.481 e. The summed E-state index contributed by atoms with van der Waals surface area (Å²) in [6.07, 6.45) is 14.2. The predicted molar refractivity (Wildman–Crippen MR) is 104 cm³/mol. The molecule has 0 amide bonds. The highest BCUT2D eigenvalue weighted by molar-refractivity contribution is 5.70. The molecular formula is C21H38O6. The average molecular weight is 387 g/mol. The lowest BCUT2D eigenvalue weighted by Gasteiger charge is -2.06. The first-order valence-electron chi connectivity index (χ1n) is 10.6. The van der Waals surface area contributed by atoms with Gasteiger partial charge in [0.05, 0.1) is 0 Å². The zero-order chi connectivity index (χ0) is 20.2. The maximum atomic E-state index is 11.6. The summed E-state index contributed by atoms with van der Waals surface area (Å²) in [6.45, 7) is 1.87. The van der Waals surface area contributed by atoms with E-state index in [1.807, 2.05) is 0 Å². The molecule has 6 nitrogen and oxygen atoms in total. The molecule has 1 N–H and O–H groups in total. The number of unbranched alkanes of at least 4 members (excludes halogenated alkanes) is 11. The van der Waals surface area contributed by atoms with Gasteiger partial charge in [-0.15, -0.1) is 0 Å². The summed E-state index contributed by atoms with van der Waals surface area (Å²) in [6, 6.07) is 0. The van der Waals surface area contributed by atoms with Crippen molar-refractivity contribution in [1.82, 2.24) is 0 Å². The molecule has 0 atom stereocenters. The summed E-state index contributed by atoms with van der Waals surface area (Å²) >= 11 is 0. The van der Waals surface area contributed by atoms with Crippen molar-refractivity contribution in [3.63, 3.8) is 0 Å². The fourth-order valence-electron chi connectivity index (χ4n) is 2.78. The number of ether oxygens (including phenoxy) is 2. The van der Waals surface area contributed by atoms with E-state index in [9.17, 15) is 14.4 Å². The van der Waals surface area contributed by atoms with E-state index in [0.29, 0.717) is 12.8 Å². The molecule has 0 bridgehead atoms. The second kappa shape index (κ2) is 19.2. The largest absolute Gasteiger partial charge is 0.481 e. The van der Waals surface area contributed by atoms with Crippen LogP contribution < -0.4 is 0 Å². The minimum atomic E-state index is -0.723. The molecule has 0 spiro atoms. The van der Waals surface area contributed by atoms with Gasteiger partial charge < -0.3 is 14.6 Å². The summed E-state index contributed by atoms with van der Waals surface area (Å²) in [4.78, 5) is 33.4. The highest BCUT2D eigenvalue weighted by atomic mass is 16.7. The smallest absolute Gasteiger partial charge is 0.308 e. The normalized spacial score (nSPS) is 10.6. The van der Waals surface area contributed by atoms with E-state index >= 15 is 0 Å². The molecule has 0 aromatic rings. The molecule has 0 aliphatic rings. The van der Waals surface area contributed by atoms with Gasteiger partial charge in [-0.05, 0) is 19.3 Å². The van der Waals surface area contributed by atoms with Crippen LogP contribution in [0.15, 0.2) is 0 Å². The van der Waals surface area contributed by atoms with Gasteiger partial charge >= 0.3 is 17.9 Å². The Hall–Kier alpha value is -1.59.